The van der Waals surface area contributed by atoms with Crippen LogP contribution in [-0.2, 0) is 0 Å². The molecule has 3 rings (SSSR count). The molecule has 0 amide bonds. The topological polar surface area (TPSA) is 38.7 Å². The van der Waals surface area contributed by atoms with E-state index in [1.54, 1.807) is 31.0 Å². The van der Waals surface area contributed by atoms with Gasteiger partial charge in [-0.25, -0.2) is 0 Å². The number of ether oxygens (including phenoxy) is 2. The highest BCUT2D eigenvalue weighted by atomic mass is 32.2. The van der Waals surface area contributed by atoms with Crippen molar-refractivity contribution >= 4 is 11.8 Å². The van der Waals surface area contributed by atoms with E-state index in [1.807, 2.05) is 30.3 Å². The zero-order valence-electron chi connectivity index (χ0n) is 11.4. The lowest BCUT2D eigenvalue weighted by molar-refractivity contribution is 0.195. The Morgan fingerprint density at radius 2 is 1.90 bits per heavy atom. The number of rotatable bonds is 2. The third kappa shape index (κ3) is 2.43. The predicted octanol–water partition coefficient (Wildman–Crippen LogP) is 4.02. The molecule has 4 heteroatoms. The predicted molar refractivity (Wildman–Crippen MR) is 79.8 cm³/mol. The number of phenolic OH excluding ortho intramolecular Hbond substituents is 1. The largest absolute Gasteiger partial charge is 0.508 e. The Bertz CT molecular complexity index is 610. The van der Waals surface area contributed by atoms with E-state index in [1.165, 1.54) is 0 Å². The van der Waals surface area contributed by atoms with Crippen LogP contribution in [0, 0.1) is 0 Å². The molecule has 0 saturated heterocycles. The molecule has 0 radical (unpaired) electrons. The summed E-state index contributed by atoms with van der Waals surface area (Å²) in [5, 5.41) is 9.67. The van der Waals surface area contributed by atoms with Crippen LogP contribution in [0.15, 0.2) is 47.4 Å². The van der Waals surface area contributed by atoms with Gasteiger partial charge in [-0.05, 0) is 42.8 Å². The van der Waals surface area contributed by atoms with Gasteiger partial charge in [-0.15, -0.1) is 11.8 Å². The second kappa shape index (κ2) is 5.29. The van der Waals surface area contributed by atoms with E-state index < -0.39 is 0 Å². The Kier molecular flexibility index (Phi) is 3.49. The van der Waals surface area contributed by atoms with Crippen molar-refractivity contribution in [1.82, 2.24) is 0 Å². The zero-order chi connectivity index (χ0) is 14.1. The first-order chi connectivity index (χ1) is 9.67. The monoisotopic (exact) mass is 288 g/mol. The van der Waals surface area contributed by atoms with E-state index in [0.29, 0.717) is 5.25 Å². The highest BCUT2D eigenvalue weighted by molar-refractivity contribution is 8.00. The van der Waals surface area contributed by atoms with Gasteiger partial charge in [0.05, 0.1) is 12.0 Å². The first-order valence-corrected chi connectivity index (χ1v) is 7.35. The minimum atomic E-state index is -0.0125. The summed E-state index contributed by atoms with van der Waals surface area (Å²) in [5.41, 5.74) is 1.07. The Morgan fingerprint density at radius 1 is 1.15 bits per heavy atom. The fraction of sp³-hybridized carbons (Fsp3) is 0.250. The second-order valence-electron chi connectivity index (χ2n) is 4.77. The third-order valence-corrected chi connectivity index (χ3v) is 4.56. The van der Waals surface area contributed by atoms with Crippen LogP contribution in [0.4, 0.5) is 0 Å². The molecule has 1 aliphatic rings. The first-order valence-electron chi connectivity index (χ1n) is 6.47. The van der Waals surface area contributed by atoms with Gasteiger partial charge in [0.2, 0.25) is 0 Å². The summed E-state index contributed by atoms with van der Waals surface area (Å²) < 4.78 is 11.4. The van der Waals surface area contributed by atoms with Crippen molar-refractivity contribution in [2.45, 2.75) is 23.2 Å². The lowest BCUT2D eigenvalue weighted by atomic mass is 10.1. The van der Waals surface area contributed by atoms with Gasteiger partial charge in [-0.3, -0.25) is 0 Å². The molecule has 1 aliphatic heterocycles. The highest BCUT2D eigenvalue weighted by Crippen LogP contribution is 2.46. The fourth-order valence-electron chi connectivity index (χ4n) is 2.30. The summed E-state index contributed by atoms with van der Waals surface area (Å²) in [6.45, 7) is 2.14. The van der Waals surface area contributed by atoms with Crippen LogP contribution in [0.2, 0.25) is 0 Å². The van der Waals surface area contributed by atoms with E-state index >= 15 is 0 Å². The lowest BCUT2D eigenvalue weighted by Crippen LogP contribution is -2.22. The SMILES string of the molecule is COc1ccc2c(c1)SC(C)C(c1ccc(O)cc1)O2. The summed E-state index contributed by atoms with van der Waals surface area (Å²) in [6, 6.07) is 13.1. The minimum Gasteiger partial charge on any atom is -0.508 e. The molecule has 0 saturated carbocycles. The van der Waals surface area contributed by atoms with Gasteiger partial charge >= 0.3 is 0 Å². The Balaban J connectivity index is 1.90. The van der Waals surface area contributed by atoms with E-state index in [-0.39, 0.29) is 11.9 Å². The number of benzene rings is 2. The van der Waals surface area contributed by atoms with Crippen molar-refractivity contribution in [3.8, 4) is 17.2 Å². The summed E-state index contributed by atoms with van der Waals surface area (Å²) >= 11 is 1.78. The van der Waals surface area contributed by atoms with E-state index in [2.05, 4.69) is 6.92 Å². The lowest BCUT2D eigenvalue weighted by Gasteiger charge is -2.31. The molecule has 0 aromatic heterocycles. The maximum Gasteiger partial charge on any atom is 0.136 e. The third-order valence-electron chi connectivity index (χ3n) is 3.37. The van der Waals surface area contributed by atoms with E-state index in [0.717, 1.165) is 22.0 Å². The molecule has 0 aliphatic carbocycles. The average molecular weight is 288 g/mol. The Hall–Kier alpha value is -1.81. The van der Waals surface area contributed by atoms with E-state index in [9.17, 15) is 5.11 Å². The Morgan fingerprint density at radius 3 is 2.60 bits per heavy atom. The molecular weight excluding hydrogens is 272 g/mol. The summed E-state index contributed by atoms with van der Waals surface area (Å²) in [7, 11) is 1.67. The standard InChI is InChI=1S/C16H16O3S/c1-10-16(11-3-5-12(17)6-4-11)19-14-8-7-13(18-2)9-15(14)20-10/h3-10,16-17H,1-2H3. The number of thioether (sulfide) groups is 1. The average Bonchev–Trinajstić information content (AvgIpc) is 2.47. The highest BCUT2D eigenvalue weighted by Gasteiger charge is 2.29. The normalized spacial score (nSPS) is 20.9. The van der Waals surface area contributed by atoms with Gasteiger partial charge < -0.3 is 14.6 Å². The number of aromatic hydroxyl groups is 1. The van der Waals surface area contributed by atoms with Crippen LogP contribution in [0.5, 0.6) is 17.2 Å². The van der Waals surface area contributed by atoms with Crippen LogP contribution in [0.3, 0.4) is 0 Å². The van der Waals surface area contributed by atoms with Crippen molar-refractivity contribution < 1.29 is 14.6 Å². The number of methoxy groups -OCH3 is 1. The van der Waals surface area contributed by atoms with Crippen molar-refractivity contribution in [2.75, 3.05) is 7.11 Å². The van der Waals surface area contributed by atoms with Crippen LogP contribution in [0.25, 0.3) is 0 Å². The molecule has 0 fully saturated rings. The van der Waals surface area contributed by atoms with Crippen molar-refractivity contribution in [3.63, 3.8) is 0 Å². The number of hydrogen-bond acceptors (Lipinski definition) is 4. The summed E-state index contributed by atoms with van der Waals surface area (Å²) in [6.07, 6.45) is -0.0125. The zero-order valence-corrected chi connectivity index (χ0v) is 12.2. The van der Waals surface area contributed by atoms with Gasteiger partial charge in [-0.1, -0.05) is 12.1 Å². The molecular formula is C16H16O3S. The maximum absolute atomic E-state index is 9.38. The second-order valence-corrected chi connectivity index (χ2v) is 6.18. The molecule has 2 aromatic rings. The van der Waals surface area contributed by atoms with Gasteiger partial charge in [-0.2, -0.15) is 0 Å². The van der Waals surface area contributed by atoms with Gasteiger partial charge in [0, 0.05) is 5.25 Å². The molecule has 1 heterocycles. The Labute approximate surface area is 122 Å². The van der Waals surface area contributed by atoms with Crippen molar-refractivity contribution in [2.24, 2.45) is 0 Å². The molecule has 104 valence electrons. The molecule has 20 heavy (non-hydrogen) atoms. The smallest absolute Gasteiger partial charge is 0.136 e. The molecule has 0 spiro atoms. The number of phenols is 1. The molecule has 2 aromatic carbocycles. The van der Waals surface area contributed by atoms with Crippen molar-refractivity contribution in [3.05, 3.63) is 48.0 Å². The molecule has 2 atom stereocenters. The number of hydrogen-bond donors (Lipinski definition) is 1. The van der Waals surface area contributed by atoms with Crippen LogP contribution in [-0.4, -0.2) is 17.5 Å². The minimum absolute atomic E-state index is 0.0125. The van der Waals surface area contributed by atoms with Crippen molar-refractivity contribution in [1.29, 1.82) is 0 Å². The van der Waals surface area contributed by atoms with Gasteiger partial charge in [0.15, 0.2) is 0 Å². The van der Waals surface area contributed by atoms with Crippen LogP contribution in [0.1, 0.15) is 18.6 Å². The first kappa shape index (κ1) is 13.2. The van der Waals surface area contributed by atoms with Crippen LogP contribution < -0.4 is 9.47 Å². The molecule has 0 bridgehead atoms. The fourth-order valence-corrected chi connectivity index (χ4v) is 3.46. The molecule has 2 unspecified atom stereocenters. The molecule has 1 N–H and O–H groups in total. The van der Waals surface area contributed by atoms with Gasteiger partial charge in [0.25, 0.3) is 0 Å². The summed E-state index contributed by atoms with van der Waals surface area (Å²) in [4.78, 5) is 1.10. The maximum atomic E-state index is 9.38. The molecule has 3 nitrogen and oxygen atoms in total. The quantitative estimate of drug-likeness (QED) is 0.906. The number of fused-ring (bicyclic) bond motifs is 1. The van der Waals surface area contributed by atoms with E-state index in [4.69, 9.17) is 9.47 Å². The van der Waals surface area contributed by atoms with Gasteiger partial charge in [0.1, 0.15) is 23.4 Å². The van der Waals surface area contributed by atoms with Crippen LogP contribution >= 0.6 is 11.8 Å². The summed E-state index contributed by atoms with van der Waals surface area (Å²) in [5.74, 6) is 2.00.